The van der Waals surface area contributed by atoms with E-state index in [9.17, 15) is 4.79 Å². The van der Waals surface area contributed by atoms with Crippen LogP contribution in [0.15, 0.2) is 40.9 Å². The molecule has 2 aromatic carbocycles. The monoisotopic (exact) mass is 333 g/mol. The fourth-order valence-corrected chi connectivity index (χ4v) is 2.78. The predicted molar refractivity (Wildman–Crippen MR) is 85.8 cm³/mol. The average Bonchev–Trinajstić information content (AvgIpc) is 2.42. The number of anilines is 2. The van der Waals surface area contributed by atoms with Crippen LogP contribution in [0, 0.1) is 13.8 Å². The van der Waals surface area contributed by atoms with E-state index in [-0.39, 0.29) is 5.91 Å². The predicted octanol–water partition coefficient (Wildman–Crippen LogP) is 3.60. The molecule has 2 aromatic rings. The lowest BCUT2D eigenvalue weighted by Crippen LogP contribution is -2.18. The van der Waals surface area contributed by atoms with Crippen molar-refractivity contribution >= 4 is 33.2 Å². The first kappa shape index (κ1) is 14.6. The van der Waals surface area contributed by atoms with Crippen LogP contribution < -0.4 is 16.6 Å². The smallest absolute Gasteiger partial charge is 0.257 e. The highest BCUT2D eigenvalue weighted by Crippen LogP contribution is 2.26. The van der Waals surface area contributed by atoms with Crippen LogP contribution in [0.25, 0.3) is 0 Å². The molecule has 0 atom stereocenters. The number of halogens is 1. The number of aryl methyl sites for hydroxylation is 2. The maximum absolute atomic E-state index is 12.4. The first-order valence-electron chi connectivity index (χ1n) is 6.16. The largest absolute Gasteiger partial charge is 0.323 e. The third kappa shape index (κ3) is 3.00. The van der Waals surface area contributed by atoms with E-state index < -0.39 is 0 Å². The Morgan fingerprint density at radius 3 is 2.35 bits per heavy atom. The second-order valence-corrected chi connectivity index (χ2v) is 5.47. The highest BCUT2D eigenvalue weighted by Gasteiger charge is 2.13. The van der Waals surface area contributed by atoms with Gasteiger partial charge in [-0.05, 0) is 49.2 Å². The van der Waals surface area contributed by atoms with Crippen LogP contribution in [0.4, 0.5) is 11.4 Å². The van der Waals surface area contributed by atoms with Gasteiger partial charge >= 0.3 is 0 Å². The molecule has 0 fully saturated rings. The van der Waals surface area contributed by atoms with Crippen LogP contribution in [0.2, 0.25) is 0 Å². The number of para-hydroxylation sites is 1. The number of nitrogens with one attached hydrogen (secondary N) is 2. The number of hydrazine groups is 1. The van der Waals surface area contributed by atoms with Crippen molar-refractivity contribution in [1.82, 2.24) is 0 Å². The van der Waals surface area contributed by atoms with E-state index in [2.05, 4.69) is 26.7 Å². The van der Waals surface area contributed by atoms with Crippen molar-refractivity contribution < 1.29 is 4.79 Å². The second kappa shape index (κ2) is 6.07. The normalized spacial score (nSPS) is 10.2. The van der Waals surface area contributed by atoms with Crippen LogP contribution in [-0.2, 0) is 0 Å². The minimum Gasteiger partial charge on any atom is -0.323 e. The van der Waals surface area contributed by atoms with Gasteiger partial charge in [0, 0.05) is 10.2 Å². The summed E-state index contributed by atoms with van der Waals surface area (Å²) in [5, 5.41) is 2.94. The van der Waals surface area contributed by atoms with Crippen LogP contribution in [0.1, 0.15) is 21.5 Å². The van der Waals surface area contributed by atoms with Gasteiger partial charge in [-0.1, -0.05) is 28.1 Å². The Hall–Kier alpha value is -1.85. The molecule has 0 aliphatic carbocycles. The summed E-state index contributed by atoms with van der Waals surface area (Å²) in [6, 6.07) is 11.1. The van der Waals surface area contributed by atoms with Crippen molar-refractivity contribution in [3.63, 3.8) is 0 Å². The number of nitrogens with two attached hydrogens (primary N) is 1. The number of carbonyl (C=O) groups is 1. The molecule has 0 aliphatic rings. The molecular formula is C15H16BrN3O. The number of rotatable bonds is 3. The van der Waals surface area contributed by atoms with E-state index in [4.69, 9.17) is 5.84 Å². The molecule has 0 spiro atoms. The summed E-state index contributed by atoms with van der Waals surface area (Å²) in [4.78, 5) is 12.4. The molecule has 0 bridgehead atoms. The molecule has 0 aromatic heterocycles. The quantitative estimate of drug-likeness (QED) is 0.593. The Balaban J connectivity index is 2.33. The number of hydrogen-bond donors (Lipinski definition) is 3. The third-order valence-corrected chi connectivity index (χ3v) is 3.52. The van der Waals surface area contributed by atoms with E-state index in [1.54, 1.807) is 18.2 Å². The molecular weight excluding hydrogens is 318 g/mol. The molecule has 0 heterocycles. The number of nitrogen functional groups attached to an aromatic ring is 1. The summed E-state index contributed by atoms with van der Waals surface area (Å²) >= 11 is 3.44. The lowest BCUT2D eigenvalue weighted by molar-refractivity contribution is 0.102. The van der Waals surface area contributed by atoms with Crippen molar-refractivity contribution in [2.24, 2.45) is 5.84 Å². The number of hydrogen-bond acceptors (Lipinski definition) is 3. The summed E-state index contributed by atoms with van der Waals surface area (Å²) in [7, 11) is 0. The molecule has 104 valence electrons. The van der Waals surface area contributed by atoms with Gasteiger partial charge in [0.1, 0.15) is 0 Å². The standard InChI is InChI=1S/C15H16BrN3O/c1-9-7-11(16)8-10(2)14(9)18-15(20)12-5-3-4-6-13(12)19-17/h3-8,19H,17H2,1-2H3,(H,18,20). The zero-order valence-corrected chi connectivity index (χ0v) is 12.9. The van der Waals surface area contributed by atoms with Crippen LogP contribution in [0.5, 0.6) is 0 Å². The number of carbonyl (C=O) groups excluding carboxylic acids is 1. The lowest BCUT2D eigenvalue weighted by Gasteiger charge is -2.14. The summed E-state index contributed by atoms with van der Waals surface area (Å²) in [6.07, 6.45) is 0. The van der Waals surface area contributed by atoms with E-state index >= 15 is 0 Å². The Kier molecular flexibility index (Phi) is 4.42. The minimum absolute atomic E-state index is 0.188. The summed E-state index contributed by atoms with van der Waals surface area (Å²) in [5.41, 5.74) is 6.47. The summed E-state index contributed by atoms with van der Waals surface area (Å²) in [5.74, 6) is 5.24. The van der Waals surface area contributed by atoms with E-state index in [1.807, 2.05) is 32.0 Å². The second-order valence-electron chi connectivity index (χ2n) is 4.56. The number of amides is 1. The molecule has 1 amide bonds. The number of benzene rings is 2. The van der Waals surface area contributed by atoms with Crippen LogP contribution >= 0.6 is 15.9 Å². The topological polar surface area (TPSA) is 67.2 Å². The van der Waals surface area contributed by atoms with E-state index in [0.717, 1.165) is 21.3 Å². The van der Waals surface area contributed by atoms with Gasteiger partial charge in [0.15, 0.2) is 0 Å². The Labute approximate surface area is 126 Å². The van der Waals surface area contributed by atoms with E-state index in [1.165, 1.54) is 0 Å². The Bertz CT molecular complexity index is 632. The van der Waals surface area contributed by atoms with Gasteiger partial charge in [-0.15, -0.1) is 0 Å². The molecule has 5 heteroatoms. The minimum atomic E-state index is -0.188. The van der Waals surface area contributed by atoms with Crippen molar-refractivity contribution in [1.29, 1.82) is 0 Å². The molecule has 0 aliphatic heterocycles. The maximum Gasteiger partial charge on any atom is 0.257 e. The zero-order chi connectivity index (χ0) is 14.7. The Morgan fingerprint density at radius 2 is 1.75 bits per heavy atom. The lowest BCUT2D eigenvalue weighted by atomic mass is 10.1. The third-order valence-electron chi connectivity index (χ3n) is 3.06. The molecule has 0 radical (unpaired) electrons. The van der Waals surface area contributed by atoms with Crippen LogP contribution in [0.3, 0.4) is 0 Å². The fourth-order valence-electron chi connectivity index (χ4n) is 2.10. The highest BCUT2D eigenvalue weighted by molar-refractivity contribution is 9.10. The van der Waals surface area contributed by atoms with Crippen molar-refractivity contribution in [2.45, 2.75) is 13.8 Å². The van der Waals surface area contributed by atoms with Gasteiger partial charge in [-0.25, -0.2) is 0 Å². The van der Waals surface area contributed by atoms with Crippen LogP contribution in [-0.4, -0.2) is 5.91 Å². The van der Waals surface area contributed by atoms with E-state index in [0.29, 0.717) is 11.3 Å². The first-order chi connectivity index (χ1) is 9.52. The maximum atomic E-state index is 12.4. The van der Waals surface area contributed by atoms with Gasteiger partial charge < -0.3 is 10.7 Å². The van der Waals surface area contributed by atoms with Crippen molar-refractivity contribution in [2.75, 3.05) is 10.7 Å². The molecule has 4 nitrogen and oxygen atoms in total. The van der Waals surface area contributed by atoms with Gasteiger partial charge in [0.05, 0.1) is 11.3 Å². The average molecular weight is 334 g/mol. The van der Waals surface area contributed by atoms with Gasteiger partial charge in [-0.3, -0.25) is 10.6 Å². The molecule has 4 N–H and O–H groups in total. The highest BCUT2D eigenvalue weighted by atomic mass is 79.9. The SMILES string of the molecule is Cc1cc(Br)cc(C)c1NC(=O)c1ccccc1NN. The van der Waals surface area contributed by atoms with Gasteiger partial charge in [0.2, 0.25) is 0 Å². The first-order valence-corrected chi connectivity index (χ1v) is 6.96. The van der Waals surface area contributed by atoms with Gasteiger partial charge in [0.25, 0.3) is 5.91 Å². The van der Waals surface area contributed by atoms with Gasteiger partial charge in [-0.2, -0.15) is 0 Å². The summed E-state index contributed by atoms with van der Waals surface area (Å²) < 4.78 is 0.995. The fraction of sp³-hybridized carbons (Fsp3) is 0.133. The summed E-state index contributed by atoms with van der Waals surface area (Å²) in [6.45, 7) is 3.92. The van der Waals surface area contributed by atoms with Crippen molar-refractivity contribution in [3.05, 3.63) is 57.6 Å². The molecule has 0 saturated carbocycles. The Morgan fingerprint density at radius 1 is 1.15 bits per heavy atom. The molecule has 2 rings (SSSR count). The molecule has 0 unspecified atom stereocenters. The van der Waals surface area contributed by atoms with Crippen molar-refractivity contribution in [3.8, 4) is 0 Å². The molecule has 20 heavy (non-hydrogen) atoms. The zero-order valence-electron chi connectivity index (χ0n) is 11.3. The molecule has 0 saturated heterocycles.